The van der Waals surface area contributed by atoms with E-state index in [2.05, 4.69) is 10.6 Å². The summed E-state index contributed by atoms with van der Waals surface area (Å²) in [5.74, 6) is -0.389. The molecule has 4 aliphatic carbocycles. The van der Waals surface area contributed by atoms with Gasteiger partial charge in [-0.3, -0.25) is 4.79 Å². The van der Waals surface area contributed by atoms with Gasteiger partial charge in [0, 0.05) is 26.1 Å². The summed E-state index contributed by atoms with van der Waals surface area (Å²) in [7, 11) is 4.48. The molecule has 4 fully saturated rings. The lowest BCUT2D eigenvalue weighted by atomic mass is 9.46. The molecular weight excluding hydrogens is 454 g/mol. The zero-order valence-corrected chi connectivity index (χ0v) is 20.3. The first kappa shape index (κ1) is 24.8. The predicted octanol–water partition coefficient (Wildman–Crippen LogP) is 2.55. The molecule has 3 N–H and O–H groups in total. The number of amides is 3. The molecule has 0 heterocycles. The van der Waals surface area contributed by atoms with Crippen molar-refractivity contribution in [2.75, 3.05) is 21.2 Å². The zero-order chi connectivity index (χ0) is 25.4. The van der Waals surface area contributed by atoms with Gasteiger partial charge in [0.25, 0.3) is 0 Å². The fourth-order valence-electron chi connectivity index (χ4n) is 6.57. The maximum atomic E-state index is 13.6. The number of carboxylic acids is 1. The zero-order valence-electron chi connectivity index (χ0n) is 20.3. The number of rotatable bonds is 7. The summed E-state index contributed by atoms with van der Waals surface area (Å²) >= 11 is 0. The highest BCUT2D eigenvalue weighted by Crippen LogP contribution is 2.61. The summed E-state index contributed by atoms with van der Waals surface area (Å²) in [5.41, 5.74) is -0.479. The minimum atomic E-state index is -1.12. The van der Waals surface area contributed by atoms with E-state index in [1.807, 2.05) is 0 Å². The van der Waals surface area contributed by atoms with Gasteiger partial charge in [-0.2, -0.15) is 0 Å². The van der Waals surface area contributed by atoms with Crippen LogP contribution in [0.1, 0.15) is 44.1 Å². The third kappa shape index (κ3) is 5.21. The van der Waals surface area contributed by atoms with E-state index in [4.69, 9.17) is 9.47 Å². The van der Waals surface area contributed by atoms with E-state index in [0.717, 1.165) is 19.3 Å². The first-order valence-corrected chi connectivity index (χ1v) is 11.9. The van der Waals surface area contributed by atoms with Crippen molar-refractivity contribution < 1.29 is 33.8 Å². The molecule has 35 heavy (non-hydrogen) atoms. The van der Waals surface area contributed by atoms with Gasteiger partial charge in [-0.25, -0.2) is 14.4 Å². The van der Waals surface area contributed by atoms with Crippen LogP contribution in [0.2, 0.25) is 0 Å². The molecule has 3 atom stereocenters. The largest absolute Gasteiger partial charge is 0.480 e. The molecule has 4 saturated carbocycles. The van der Waals surface area contributed by atoms with Crippen molar-refractivity contribution in [1.82, 2.24) is 15.5 Å². The van der Waals surface area contributed by atoms with E-state index in [0.29, 0.717) is 42.4 Å². The lowest BCUT2D eigenvalue weighted by Crippen LogP contribution is -2.66. The fourth-order valence-corrected chi connectivity index (χ4v) is 6.57. The van der Waals surface area contributed by atoms with Gasteiger partial charge >= 0.3 is 18.2 Å². The average molecular weight is 488 g/mol. The Bertz CT molecular complexity index is 993. The maximum Gasteiger partial charge on any atom is 0.414 e. The summed E-state index contributed by atoms with van der Waals surface area (Å²) in [4.78, 5) is 50.6. The lowest BCUT2D eigenvalue weighted by Gasteiger charge is -2.61. The summed E-state index contributed by atoms with van der Waals surface area (Å²) in [6.45, 7) is 0. The van der Waals surface area contributed by atoms with Crippen LogP contribution in [0.4, 0.5) is 9.59 Å². The Morgan fingerprint density at radius 2 is 1.71 bits per heavy atom. The molecule has 5 rings (SSSR count). The van der Waals surface area contributed by atoms with Gasteiger partial charge < -0.3 is 30.1 Å². The third-order valence-electron chi connectivity index (χ3n) is 7.63. The van der Waals surface area contributed by atoms with Gasteiger partial charge in [0.05, 0.1) is 12.5 Å². The van der Waals surface area contributed by atoms with Gasteiger partial charge in [-0.1, -0.05) is 12.1 Å². The second-order valence-corrected chi connectivity index (χ2v) is 10.6. The van der Waals surface area contributed by atoms with E-state index < -0.39 is 35.2 Å². The number of carbonyl (C=O) groups excluding carboxylic acids is 3. The molecule has 190 valence electrons. The van der Waals surface area contributed by atoms with Crippen molar-refractivity contribution >= 4 is 24.1 Å². The van der Waals surface area contributed by atoms with Crippen LogP contribution in [0.5, 0.6) is 5.75 Å². The standard InChI is InChI=1S/C25H33N3O7/c1-28(2)23(33)35-18-6-4-15(5-7-18)9-19(20(29)30)26-21(31)24-10-16-8-17(11-24)13-25(12-16,14-24)27-22(32)34-3/h4-7,16-17,19H,8-14H2,1-3H3,(H,26,31)(H,27,32)(H,29,30)/t16?,17?,19-,24?,25?/m0/s1. The molecular formula is C25H33N3O7. The smallest absolute Gasteiger partial charge is 0.414 e. The number of aliphatic carboxylic acids is 1. The first-order valence-electron chi connectivity index (χ1n) is 11.9. The van der Waals surface area contributed by atoms with E-state index in [9.17, 15) is 24.3 Å². The van der Waals surface area contributed by atoms with Crippen molar-refractivity contribution in [3.63, 3.8) is 0 Å². The maximum absolute atomic E-state index is 13.6. The molecule has 0 radical (unpaired) electrons. The predicted molar refractivity (Wildman–Crippen MR) is 125 cm³/mol. The number of ether oxygens (including phenoxy) is 2. The summed E-state index contributed by atoms with van der Waals surface area (Å²) in [6.07, 6.45) is 3.67. The first-order chi connectivity index (χ1) is 16.5. The molecule has 0 aromatic heterocycles. The number of methoxy groups -OCH3 is 1. The highest BCUT2D eigenvalue weighted by molar-refractivity contribution is 5.88. The highest BCUT2D eigenvalue weighted by Gasteiger charge is 2.61. The van der Waals surface area contributed by atoms with Gasteiger partial charge in [0.15, 0.2) is 0 Å². The van der Waals surface area contributed by atoms with Crippen molar-refractivity contribution in [2.45, 2.75) is 56.5 Å². The SMILES string of the molecule is COC(=O)NC12CC3CC(C1)CC(C(=O)N[C@@H](Cc1ccc(OC(=O)N(C)C)cc1)C(=O)O)(C3)C2. The Morgan fingerprint density at radius 1 is 1.09 bits per heavy atom. The number of nitrogens with one attached hydrogen (secondary N) is 2. The molecule has 0 spiro atoms. The third-order valence-corrected chi connectivity index (χ3v) is 7.63. The quantitative estimate of drug-likeness (QED) is 0.538. The Hall–Kier alpha value is -3.30. The molecule has 0 aliphatic heterocycles. The fraction of sp³-hybridized carbons (Fsp3) is 0.600. The molecule has 4 bridgehead atoms. The monoisotopic (exact) mass is 487 g/mol. The van der Waals surface area contributed by atoms with E-state index >= 15 is 0 Å². The Kier molecular flexibility index (Phi) is 6.66. The van der Waals surface area contributed by atoms with Crippen molar-refractivity contribution in [1.29, 1.82) is 0 Å². The minimum absolute atomic E-state index is 0.0947. The van der Waals surface area contributed by atoms with Crippen molar-refractivity contribution in [3.8, 4) is 5.75 Å². The summed E-state index contributed by atoms with van der Waals surface area (Å²) in [5, 5.41) is 15.6. The van der Waals surface area contributed by atoms with Gasteiger partial charge in [-0.15, -0.1) is 0 Å². The second kappa shape index (κ2) is 9.39. The van der Waals surface area contributed by atoms with Crippen LogP contribution in [-0.2, 0) is 20.7 Å². The number of benzene rings is 1. The molecule has 0 saturated heterocycles. The van der Waals surface area contributed by atoms with Crippen LogP contribution < -0.4 is 15.4 Å². The topological polar surface area (TPSA) is 134 Å². The molecule has 4 aliphatic rings. The number of carboxylic acid groups (broad SMARTS) is 1. The number of carbonyl (C=O) groups is 4. The van der Waals surface area contributed by atoms with Crippen LogP contribution in [0.15, 0.2) is 24.3 Å². The van der Waals surface area contributed by atoms with Gasteiger partial charge in [0.2, 0.25) is 5.91 Å². The highest BCUT2D eigenvalue weighted by atomic mass is 16.6. The second-order valence-electron chi connectivity index (χ2n) is 10.6. The molecule has 2 unspecified atom stereocenters. The Balaban J connectivity index is 1.45. The minimum Gasteiger partial charge on any atom is -0.480 e. The van der Waals surface area contributed by atoms with Crippen LogP contribution in [0.3, 0.4) is 0 Å². The van der Waals surface area contributed by atoms with E-state index in [1.54, 1.807) is 38.4 Å². The number of alkyl carbamates (subject to hydrolysis) is 1. The average Bonchev–Trinajstić information content (AvgIpc) is 2.78. The van der Waals surface area contributed by atoms with Crippen LogP contribution >= 0.6 is 0 Å². The number of hydrogen-bond donors (Lipinski definition) is 3. The normalized spacial score (nSPS) is 29.1. The van der Waals surface area contributed by atoms with Crippen molar-refractivity contribution in [2.24, 2.45) is 17.3 Å². The van der Waals surface area contributed by atoms with E-state index in [1.165, 1.54) is 12.0 Å². The number of hydrogen-bond acceptors (Lipinski definition) is 6. The molecule has 10 heteroatoms. The Labute approximate surface area is 204 Å². The molecule has 10 nitrogen and oxygen atoms in total. The number of nitrogens with zero attached hydrogens (tertiary/aromatic N) is 1. The van der Waals surface area contributed by atoms with Crippen LogP contribution in [0.25, 0.3) is 0 Å². The van der Waals surface area contributed by atoms with Gasteiger partial charge in [0.1, 0.15) is 11.8 Å². The summed E-state index contributed by atoms with van der Waals surface area (Å²) < 4.78 is 10.0. The lowest BCUT2D eigenvalue weighted by molar-refractivity contribution is -0.154. The Morgan fingerprint density at radius 3 is 2.26 bits per heavy atom. The van der Waals surface area contributed by atoms with E-state index in [-0.39, 0.29) is 12.3 Å². The van der Waals surface area contributed by atoms with Crippen molar-refractivity contribution in [3.05, 3.63) is 29.8 Å². The van der Waals surface area contributed by atoms with Crippen LogP contribution in [-0.4, -0.2) is 66.9 Å². The van der Waals surface area contributed by atoms with Crippen LogP contribution in [0, 0.1) is 17.3 Å². The molecule has 1 aromatic carbocycles. The van der Waals surface area contributed by atoms with Gasteiger partial charge in [-0.05, 0) is 68.1 Å². The summed E-state index contributed by atoms with van der Waals surface area (Å²) in [6, 6.07) is 5.45. The molecule has 1 aromatic rings. The molecule has 3 amide bonds.